The molecule has 0 radical (unpaired) electrons. The molecule has 1 amide bonds. The number of nitrogens with one attached hydrogen (secondary N) is 1. The number of fused-ring (bicyclic) bond motifs is 1. The number of carbonyl (C=O) groups excluding carboxylic acids is 1. The number of aromatic hydroxyl groups is 1. The van der Waals surface area contributed by atoms with E-state index in [4.69, 9.17) is 9.47 Å². The van der Waals surface area contributed by atoms with E-state index in [1.165, 1.54) is 26.4 Å². The number of allylic oxidation sites excluding steroid dienone is 2. The molecule has 4 rings (SSSR count). The zero-order chi connectivity index (χ0) is 24.2. The molecule has 34 heavy (non-hydrogen) atoms. The van der Waals surface area contributed by atoms with Crippen LogP contribution in [0, 0.1) is 5.82 Å². The smallest absolute Gasteiger partial charge is 0.226 e. The van der Waals surface area contributed by atoms with E-state index in [9.17, 15) is 14.3 Å². The van der Waals surface area contributed by atoms with E-state index in [1.807, 2.05) is 19.1 Å². The van der Waals surface area contributed by atoms with E-state index in [0.29, 0.717) is 5.69 Å². The SMILES string of the molecule is COc1cc(C=C2C(C)=C(CNC(=O)Cc3ccccn3)c3cc(F)ccc32)cc(OC)c1O. The van der Waals surface area contributed by atoms with Gasteiger partial charge in [0.1, 0.15) is 5.82 Å². The third kappa shape index (κ3) is 4.64. The van der Waals surface area contributed by atoms with Crippen molar-refractivity contribution in [1.29, 1.82) is 0 Å². The molecule has 1 aliphatic carbocycles. The highest BCUT2D eigenvalue weighted by molar-refractivity contribution is 6.06. The molecule has 6 nitrogen and oxygen atoms in total. The molecule has 1 aromatic heterocycles. The van der Waals surface area contributed by atoms with Crippen molar-refractivity contribution in [2.75, 3.05) is 20.8 Å². The topological polar surface area (TPSA) is 80.7 Å². The zero-order valence-corrected chi connectivity index (χ0v) is 19.2. The first-order valence-electron chi connectivity index (χ1n) is 10.7. The van der Waals surface area contributed by atoms with Crippen LogP contribution in [-0.4, -0.2) is 36.8 Å². The second kappa shape index (κ2) is 9.79. The number of pyridine rings is 1. The van der Waals surface area contributed by atoms with Crippen molar-refractivity contribution in [3.05, 3.63) is 88.5 Å². The summed E-state index contributed by atoms with van der Waals surface area (Å²) in [5.74, 6) is -0.0237. The Hall–Kier alpha value is -4.13. The summed E-state index contributed by atoms with van der Waals surface area (Å²) in [6, 6.07) is 13.5. The van der Waals surface area contributed by atoms with Crippen molar-refractivity contribution in [1.82, 2.24) is 10.3 Å². The van der Waals surface area contributed by atoms with Crippen molar-refractivity contribution in [3.8, 4) is 17.2 Å². The number of rotatable bonds is 7. The average molecular weight is 461 g/mol. The first kappa shape index (κ1) is 23.0. The van der Waals surface area contributed by atoms with E-state index >= 15 is 0 Å². The quantitative estimate of drug-likeness (QED) is 0.537. The summed E-state index contributed by atoms with van der Waals surface area (Å²) in [5.41, 5.74) is 5.67. The van der Waals surface area contributed by atoms with Crippen molar-refractivity contribution in [2.24, 2.45) is 0 Å². The van der Waals surface area contributed by atoms with Crippen LogP contribution >= 0.6 is 0 Å². The number of methoxy groups -OCH3 is 2. The van der Waals surface area contributed by atoms with Gasteiger partial charge in [-0.25, -0.2) is 4.39 Å². The number of phenolic OH excluding ortho intramolecular Hbond substituents is 1. The molecular formula is C27H25FN2O4. The summed E-state index contributed by atoms with van der Waals surface area (Å²) in [4.78, 5) is 16.7. The molecule has 0 fully saturated rings. The summed E-state index contributed by atoms with van der Waals surface area (Å²) in [6.07, 6.45) is 3.74. The predicted molar refractivity (Wildman–Crippen MR) is 129 cm³/mol. The van der Waals surface area contributed by atoms with E-state index in [1.54, 1.807) is 36.5 Å². The molecule has 1 aliphatic rings. The average Bonchev–Trinajstić information content (AvgIpc) is 3.09. The number of aromatic nitrogens is 1. The van der Waals surface area contributed by atoms with Crippen LogP contribution in [0.15, 0.2) is 60.3 Å². The summed E-state index contributed by atoms with van der Waals surface area (Å²) in [6.45, 7) is 2.20. The number of hydrogen-bond acceptors (Lipinski definition) is 5. The molecule has 7 heteroatoms. The fourth-order valence-corrected chi connectivity index (χ4v) is 4.06. The number of carbonyl (C=O) groups is 1. The lowest BCUT2D eigenvalue weighted by Crippen LogP contribution is -2.27. The van der Waals surface area contributed by atoms with Crippen LogP contribution in [0.4, 0.5) is 4.39 Å². The van der Waals surface area contributed by atoms with Crippen LogP contribution in [0.5, 0.6) is 17.2 Å². The molecule has 0 saturated heterocycles. The molecule has 2 aromatic carbocycles. The Labute approximate surface area is 197 Å². The number of nitrogens with zero attached hydrogens (tertiary/aromatic N) is 1. The zero-order valence-electron chi connectivity index (χ0n) is 19.2. The van der Waals surface area contributed by atoms with Crippen LogP contribution < -0.4 is 14.8 Å². The normalized spacial score (nSPS) is 13.7. The van der Waals surface area contributed by atoms with Crippen molar-refractivity contribution in [3.63, 3.8) is 0 Å². The minimum absolute atomic E-state index is 0.0791. The van der Waals surface area contributed by atoms with Crippen LogP contribution in [0.2, 0.25) is 0 Å². The standard InChI is InChI=1S/C27H25FN2O4/c1-16-21(10-17-11-24(33-2)27(32)25(12-17)34-3)20-8-7-18(28)13-22(20)23(16)15-30-26(31)14-19-6-4-5-9-29-19/h4-13,32H,14-15H2,1-3H3,(H,30,31). The second-order valence-corrected chi connectivity index (χ2v) is 7.90. The number of hydrogen-bond donors (Lipinski definition) is 2. The van der Waals surface area contributed by atoms with E-state index in [2.05, 4.69) is 10.3 Å². The first-order chi connectivity index (χ1) is 16.4. The van der Waals surface area contributed by atoms with Gasteiger partial charge in [0.25, 0.3) is 0 Å². The lowest BCUT2D eigenvalue weighted by atomic mass is 10.00. The van der Waals surface area contributed by atoms with Crippen molar-refractivity contribution < 1.29 is 23.8 Å². The molecule has 1 heterocycles. The fraction of sp³-hybridized carbons (Fsp3) is 0.185. The van der Waals surface area contributed by atoms with Gasteiger partial charge in [-0.1, -0.05) is 12.1 Å². The molecule has 0 aliphatic heterocycles. The summed E-state index contributed by atoms with van der Waals surface area (Å²) < 4.78 is 24.7. The minimum atomic E-state index is -0.349. The number of halogens is 1. The highest BCUT2D eigenvalue weighted by Gasteiger charge is 2.25. The van der Waals surface area contributed by atoms with Crippen LogP contribution in [0.25, 0.3) is 17.2 Å². The van der Waals surface area contributed by atoms with Gasteiger partial charge in [-0.15, -0.1) is 0 Å². The number of amides is 1. The Morgan fingerprint density at radius 3 is 2.47 bits per heavy atom. The Bertz CT molecular complexity index is 1270. The van der Waals surface area contributed by atoms with Gasteiger partial charge in [0.05, 0.1) is 20.6 Å². The Morgan fingerprint density at radius 2 is 1.82 bits per heavy atom. The van der Waals surface area contributed by atoms with Gasteiger partial charge in [0.2, 0.25) is 11.7 Å². The monoisotopic (exact) mass is 460 g/mol. The van der Waals surface area contributed by atoms with Crippen molar-refractivity contribution in [2.45, 2.75) is 13.3 Å². The minimum Gasteiger partial charge on any atom is -0.502 e. The predicted octanol–water partition coefficient (Wildman–Crippen LogP) is 4.63. The lowest BCUT2D eigenvalue weighted by Gasteiger charge is -2.11. The van der Waals surface area contributed by atoms with E-state index in [-0.39, 0.29) is 41.9 Å². The van der Waals surface area contributed by atoms with Gasteiger partial charge < -0.3 is 19.9 Å². The third-order valence-corrected chi connectivity index (χ3v) is 5.80. The maximum absolute atomic E-state index is 14.1. The van der Waals surface area contributed by atoms with Gasteiger partial charge in [0, 0.05) is 18.4 Å². The van der Waals surface area contributed by atoms with Crippen molar-refractivity contribution >= 4 is 23.1 Å². The molecule has 0 bridgehead atoms. The lowest BCUT2D eigenvalue weighted by molar-refractivity contribution is -0.120. The van der Waals surface area contributed by atoms with E-state index in [0.717, 1.165) is 33.4 Å². The van der Waals surface area contributed by atoms with Crippen LogP contribution in [0.3, 0.4) is 0 Å². The second-order valence-electron chi connectivity index (χ2n) is 7.90. The molecular weight excluding hydrogens is 435 g/mol. The maximum Gasteiger partial charge on any atom is 0.226 e. The Kier molecular flexibility index (Phi) is 6.63. The molecule has 2 N–H and O–H groups in total. The van der Waals surface area contributed by atoms with Crippen LogP contribution in [0.1, 0.15) is 29.3 Å². The highest BCUT2D eigenvalue weighted by atomic mass is 19.1. The van der Waals surface area contributed by atoms with Gasteiger partial charge >= 0.3 is 0 Å². The molecule has 174 valence electrons. The van der Waals surface area contributed by atoms with E-state index < -0.39 is 0 Å². The maximum atomic E-state index is 14.1. The molecule has 3 aromatic rings. The van der Waals surface area contributed by atoms with Crippen LogP contribution in [-0.2, 0) is 11.2 Å². The van der Waals surface area contributed by atoms with Gasteiger partial charge in [0.15, 0.2) is 11.5 Å². The summed E-state index contributed by atoms with van der Waals surface area (Å²) in [7, 11) is 2.94. The van der Waals surface area contributed by atoms with Gasteiger partial charge in [-0.2, -0.15) is 0 Å². The third-order valence-electron chi connectivity index (χ3n) is 5.80. The summed E-state index contributed by atoms with van der Waals surface area (Å²) >= 11 is 0. The van der Waals surface area contributed by atoms with Gasteiger partial charge in [-0.05, 0) is 82.8 Å². The number of phenols is 1. The molecule has 0 saturated carbocycles. The molecule has 0 spiro atoms. The largest absolute Gasteiger partial charge is 0.502 e. The fourth-order valence-electron chi connectivity index (χ4n) is 4.06. The molecule has 0 atom stereocenters. The first-order valence-corrected chi connectivity index (χ1v) is 10.7. The number of benzene rings is 2. The molecule has 0 unspecified atom stereocenters. The Morgan fingerprint density at radius 1 is 1.09 bits per heavy atom. The van der Waals surface area contributed by atoms with Gasteiger partial charge in [-0.3, -0.25) is 9.78 Å². The Balaban J connectivity index is 1.67. The highest BCUT2D eigenvalue weighted by Crippen LogP contribution is 2.44. The number of ether oxygens (including phenoxy) is 2. The summed E-state index contributed by atoms with van der Waals surface area (Å²) in [5, 5.41) is 13.2.